The second-order valence-corrected chi connectivity index (χ2v) is 5.86. The van der Waals surface area contributed by atoms with Gasteiger partial charge in [0.05, 0.1) is 17.4 Å². The first kappa shape index (κ1) is 13.4. The first-order valence-corrected chi connectivity index (χ1v) is 7.92. The molecule has 7 heteroatoms. The molecule has 3 N–H and O–H groups in total. The third-order valence-corrected chi connectivity index (χ3v) is 4.32. The number of hydrogen-bond donors (Lipinski definition) is 3. The number of fused-ring (bicyclic) bond motifs is 4. The van der Waals surface area contributed by atoms with Gasteiger partial charge in [-0.3, -0.25) is 4.98 Å². The lowest BCUT2D eigenvalue weighted by Crippen LogP contribution is -2.24. The van der Waals surface area contributed by atoms with E-state index in [1.165, 1.54) is 5.56 Å². The molecule has 4 aromatic rings. The summed E-state index contributed by atoms with van der Waals surface area (Å²) in [6.45, 7) is 1.82. The van der Waals surface area contributed by atoms with E-state index in [4.69, 9.17) is 0 Å². The standard InChI is InChI=1S/C17H15N7/c1-2-15(21-13-8-18-5-3-10(1)13)23-17-20-7-12-11-4-6-19-9-14(11)22-16(12)24-17/h1-2,4,6-7,9,18H,3,5,8H2,(H2,20,21,22,23,24). The fourth-order valence-electron chi connectivity index (χ4n) is 3.12. The molecule has 0 bridgehead atoms. The molecule has 4 aromatic heterocycles. The van der Waals surface area contributed by atoms with Crippen LogP contribution in [0.25, 0.3) is 21.9 Å². The Morgan fingerprint density at radius 3 is 3.04 bits per heavy atom. The average molecular weight is 317 g/mol. The summed E-state index contributed by atoms with van der Waals surface area (Å²) in [5.41, 5.74) is 4.13. The van der Waals surface area contributed by atoms with Crippen LogP contribution in [-0.4, -0.2) is 31.5 Å². The lowest BCUT2D eigenvalue weighted by Gasteiger charge is -2.16. The number of rotatable bonds is 2. The van der Waals surface area contributed by atoms with E-state index in [0.29, 0.717) is 5.95 Å². The Labute approximate surface area is 137 Å². The molecule has 0 fully saturated rings. The van der Waals surface area contributed by atoms with Crippen LogP contribution >= 0.6 is 0 Å². The number of aromatic nitrogens is 5. The largest absolute Gasteiger partial charge is 0.338 e. The zero-order valence-corrected chi connectivity index (χ0v) is 12.9. The topological polar surface area (TPSA) is 91.4 Å². The SMILES string of the molecule is c1cc2c(cn1)[nH]c1nc(Nc3ccc4c(n3)CNCC4)ncc12. The highest BCUT2D eigenvalue weighted by Crippen LogP contribution is 2.24. The van der Waals surface area contributed by atoms with E-state index in [9.17, 15) is 0 Å². The number of aromatic amines is 1. The molecule has 118 valence electrons. The third-order valence-electron chi connectivity index (χ3n) is 4.32. The normalized spacial score (nSPS) is 14.0. The summed E-state index contributed by atoms with van der Waals surface area (Å²) in [5.74, 6) is 1.29. The lowest BCUT2D eigenvalue weighted by atomic mass is 10.1. The summed E-state index contributed by atoms with van der Waals surface area (Å²) < 4.78 is 0. The van der Waals surface area contributed by atoms with Crippen molar-refractivity contribution in [1.29, 1.82) is 0 Å². The molecule has 7 nitrogen and oxygen atoms in total. The van der Waals surface area contributed by atoms with Crippen molar-refractivity contribution in [1.82, 2.24) is 30.2 Å². The van der Waals surface area contributed by atoms with Crippen molar-refractivity contribution >= 4 is 33.7 Å². The summed E-state index contributed by atoms with van der Waals surface area (Å²) in [7, 11) is 0. The molecule has 0 atom stereocenters. The van der Waals surface area contributed by atoms with Crippen LogP contribution in [0.5, 0.6) is 0 Å². The van der Waals surface area contributed by atoms with E-state index in [1.807, 2.05) is 18.3 Å². The number of hydrogen-bond acceptors (Lipinski definition) is 6. The van der Waals surface area contributed by atoms with Crippen molar-refractivity contribution in [3.63, 3.8) is 0 Å². The third kappa shape index (κ3) is 2.17. The van der Waals surface area contributed by atoms with Crippen LogP contribution in [0, 0.1) is 0 Å². The average Bonchev–Trinajstić information content (AvgIpc) is 2.99. The van der Waals surface area contributed by atoms with Crippen molar-refractivity contribution in [2.75, 3.05) is 11.9 Å². The lowest BCUT2D eigenvalue weighted by molar-refractivity contribution is 0.628. The smallest absolute Gasteiger partial charge is 0.230 e. The predicted molar refractivity (Wildman–Crippen MR) is 92.1 cm³/mol. The fourth-order valence-corrected chi connectivity index (χ4v) is 3.12. The molecule has 1 aliphatic heterocycles. The molecule has 5 heterocycles. The Kier molecular flexibility index (Phi) is 2.92. The predicted octanol–water partition coefficient (Wildman–Crippen LogP) is 2.29. The van der Waals surface area contributed by atoms with Gasteiger partial charge in [-0.15, -0.1) is 0 Å². The minimum absolute atomic E-state index is 0.526. The van der Waals surface area contributed by atoms with Gasteiger partial charge in [0.25, 0.3) is 0 Å². The van der Waals surface area contributed by atoms with Gasteiger partial charge >= 0.3 is 0 Å². The molecular formula is C17H15N7. The summed E-state index contributed by atoms with van der Waals surface area (Å²) in [4.78, 5) is 21.0. The van der Waals surface area contributed by atoms with Gasteiger partial charge in [0, 0.05) is 29.7 Å². The van der Waals surface area contributed by atoms with Crippen LogP contribution in [0.3, 0.4) is 0 Å². The summed E-state index contributed by atoms with van der Waals surface area (Å²) in [6, 6.07) is 6.06. The van der Waals surface area contributed by atoms with Gasteiger partial charge in [-0.2, -0.15) is 4.98 Å². The number of anilines is 2. The number of nitrogens with one attached hydrogen (secondary N) is 3. The maximum absolute atomic E-state index is 4.66. The van der Waals surface area contributed by atoms with E-state index in [2.05, 4.69) is 41.6 Å². The first-order valence-electron chi connectivity index (χ1n) is 7.92. The van der Waals surface area contributed by atoms with Crippen molar-refractivity contribution < 1.29 is 0 Å². The molecule has 0 unspecified atom stereocenters. The Morgan fingerprint density at radius 1 is 1.04 bits per heavy atom. The van der Waals surface area contributed by atoms with Gasteiger partial charge in [0.15, 0.2) is 0 Å². The Bertz CT molecular complexity index is 1050. The number of pyridine rings is 2. The Hall–Kier alpha value is -3.06. The molecule has 0 amide bonds. The van der Waals surface area contributed by atoms with Gasteiger partial charge in [-0.05, 0) is 30.7 Å². The van der Waals surface area contributed by atoms with Crippen LogP contribution in [0.15, 0.2) is 36.8 Å². The maximum Gasteiger partial charge on any atom is 0.230 e. The van der Waals surface area contributed by atoms with Crippen molar-refractivity contribution in [2.24, 2.45) is 0 Å². The Morgan fingerprint density at radius 2 is 2.04 bits per heavy atom. The zero-order chi connectivity index (χ0) is 15.9. The molecule has 0 saturated heterocycles. The monoisotopic (exact) mass is 317 g/mol. The quantitative estimate of drug-likeness (QED) is 0.525. The second-order valence-electron chi connectivity index (χ2n) is 5.86. The van der Waals surface area contributed by atoms with E-state index < -0.39 is 0 Å². The summed E-state index contributed by atoms with van der Waals surface area (Å²) >= 11 is 0. The van der Waals surface area contributed by atoms with E-state index in [0.717, 1.165) is 53.0 Å². The van der Waals surface area contributed by atoms with E-state index in [-0.39, 0.29) is 0 Å². The van der Waals surface area contributed by atoms with Gasteiger partial charge < -0.3 is 15.6 Å². The van der Waals surface area contributed by atoms with Gasteiger partial charge in [0.2, 0.25) is 5.95 Å². The number of nitrogens with zero attached hydrogens (tertiary/aromatic N) is 4. The molecular weight excluding hydrogens is 302 g/mol. The Balaban J connectivity index is 1.51. The molecule has 5 rings (SSSR count). The highest BCUT2D eigenvalue weighted by atomic mass is 15.2. The fraction of sp³-hybridized carbons (Fsp3) is 0.176. The molecule has 0 aromatic carbocycles. The minimum atomic E-state index is 0.526. The highest BCUT2D eigenvalue weighted by molar-refractivity contribution is 6.05. The molecule has 0 spiro atoms. The molecule has 0 aliphatic carbocycles. The van der Waals surface area contributed by atoms with Crippen LogP contribution in [0.4, 0.5) is 11.8 Å². The maximum atomic E-state index is 4.66. The minimum Gasteiger partial charge on any atom is -0.338 e. The van der Waals surface area contributed by atoms with Gasteiger partial charge in [-0.1, -0.05) is 6.07 Å². The van der Waals surface area contributed by atoms with Crippen LogP contribution in [0.1, 0.15) is 11.3 Å². The van der Waals surface area contributed by atoms with E-state index in [1.54, 1.807) is 12.4 Å². The number of H-pyrrole nitrogens is 1. The highest BCUT2D eigenvalue weighted by Gasteiger charge is 2.12. The first-order chi connectivity index (χ1) is 11.9. The van der Waals surface area contributed by atoms with Crippen LogP contribution in [-0.2, 0) is 13.0 Å². The summed E-state index contributed by atoms with van der Waals surface area (Å²) in [5, 5.41) is 8.59. The van der Waals surface area contributed by atoms with Crippen LogP contribution in [0.2, 0.25) is 0 Å². The van der Waals surface area contributed by atoms with Crippen molar-refractivity contribution in [3.05, 3.63) is 48.0 Å². The molecule has 1 aliphatic rings. The molecule has 0 radical (unpaired) electrons. The molecule has 24 heavy (non-hydrogen) atoms. The summed E-state index contributed by atoms with van der Waals surface area (Å²) in [6.07, 6.45) is 6.41. The van der Waals surface area contributed by atoms with Crippen LogP contribution < -0.4 is 10.6 Å². The van der Waals surface area contributed by atoms with Crippen molar-refractivity contribution in [2.45, 2.75) is 13.0 Å². The zero-order valence-electron chi connectivity index (χ0n) is 12.9. The second kappa shape index (κ2) is 5.24. The molecule has 0 saturated carbocycles. The van der Waals surface area contributed by atoms with Gasteiger partial charge in [0.1, 0.15) is 11.5 Å². The van der Waals surface area contributed by atoms with Crippen molar-refractivity contribution in [3.8, 4) is 0 Å². The van der Waals surface area contributed by atoms with Gasteiger partial charge in [-0.25, -0.2) is 9.97 Å². The van der Waals surface area contributed by atoms with E-state index >= 15 is 0 Å².